The van der Waals surface area contributed by atoms with Gasteiger partial charge in [0.15, 0.2) is 5.65 Å². The van der Waals surface area contributed by atoms with E-state index in [0.717, 1.165) is 24.3 Å². The summed E-state index contributed by atoms with van der Waals surface area (Å²) in [5.74, 6) is 0.798. The minimum absolute atomic E-state index is 0.133. The van der Waals surface area contributed by atoms with Crippen molar-refractivity contribution in [1.29, 1.82) is 0 Å². The van der Waals surface area contributed by atoms with Crippen molar-refractivity contribution in [2.24, 2.45) is 0 Å². The Kier molecular flexibility index (Phi) is 4.69. The molecule has 3 aromatic heterocycles. The minimum atomic E-state index is -0.563. The fourth-order valence-corrected chi connectivity index (χ4v) is 3.85. The largest absolute Gasteiger partial charge is 0.367 e. The van der Waals surface area contributed by atoms with E-state index in [-0.39, 0.29) is 5.70 Å². The zero-order valence-corrected chi connectivity index (χ0v) is 18.4. The summed E-state index contributed by atoms with van der Waals surface area (Å²) in [6.45, 7) is 0. The van der Waals surface area contributed by atoms with Crippen LogP contribution in [0.5, 0.6) is 0 Å². The number of carbonyl (C=O) groups is 2. The number of carbonyl (C=O) groups excluding carboxylic acids is 2. The Hall–Kier alpha value is -4.38. The molecule has 0 bridgehead atoms. The van der Waals surface area contributed by atoms with Crippen LogP contribution in [-0.4, -0.2) is 42.4 Å². The Bertz CT molecular complexity index is 1470. The lowest BCUT2D eigenvalue weighted by atomic mass is 10.2. The molecule has 1 saturated carbocycles. The summed E-state index contributed by atoms with van der Waals surface area (Å²) in [6.07, 6.45) is 8.85. The number of fused-ring (bicyclic) bond motifs is 1. The smallest absolute Gasteiger partial charge is 0.326 e. The predicted octanol–water partition coefficient (Wildman–Crippen LogP) is 3.07. The second-order valence-corrected chi connectivity index (χ2v) is 8.39. The molecule has 2 aliphatic rings. The van der Waals surface area contributed by atoms with Crippen LogP contribution in [0.4, 0.5) is 22.1 Å². The fourth-order valence-electron chi connectivity index (χ4n) is 3.63. The van der Waals surface area contributed by atoms with Gasteiger partial charge in [-0.1, -0.05) is 11.6 Å². The van der Waals surface area contributed by atoms with Gasteiger partial charge in [0.25, 0.3) is 5.91 Å². The topological polar surface area (TPSA) is 130 Å². The van der Waals surface area contributed by atoms with Gasteiger partial charge in [0, 0.05) is 30.1 Å². The number of hydrogen-bond acceptors (Lipinski definition) is 7. The number of urea groups is 1. The van der Waals surface area contributed by atoms with Crippen molar-refractivity contribution < 1.29 is 9.59 Å². The molecule has 1 aliphatic heterocycles. The van der Waals surface area contributed by atoms with E-state index >= 15 is 0 Å². The Balaban J connectivity index is 1.38. The van der Waals surface area contributed by atoms with Crippen molar-refractivity contribution in [2.45, 2.75) is 18.9 Å². The molecular weight excluding hydrogens is 458 g/mol. The predicted molar refractivity (Wildman–Crippen MR) is 126 cm³/mol. The van der Waals surface area contributed by atoms with Crippen LogP contribution in [0.2, 0.25) is 5.02 Å². The molecule has 0 unspecified atom stereocenters. The molecule has 4 heterocycles. The molecule has 12 heteroatoms. The maximum absolute atomic E-state index is 12.0. The number of benzene rings is 1. The molecule has 0 radical (unpaired) electrons. The molecule has 0 atom stereocenters. The summed E-state index contributed by atoms with van der Waals surface area (Å²) in [6, 6.07) is 9.09. The number of anilines is 3. The summed E-state index contributed by atoms with van der Waals surface area (Å²) in [5, 5.41) is 20.6. The fraction of sp³-hybridized carbons (Fsp3) is 0.136. The SMILES string of the molecule is O=C1NC(=O)/C(=C/c2cnn3c(NC4CC4)cc(Nc4ccc(-n5cccn5)cc4Cl)nc23)N1. The average Bonchev–Trinajstić information content (AvgIpc) is 3.18. The number of amides is 3. The zero-order chi connectivity index (χ0) is 23.2. The van der Waals surface area contributed by atoms with Crippen LogP contribution in [0.25, 0.3) is 17.4 Å². The summed E-state index contributed by atoms with van der Waals surface area (Å²) < 4.78 is 3.40. The zero-order valence-electron chi connectivity index (χ0n) is 17.6. The van der Waals surface area contributed by atoms with Crippen LogP contribution in [-0.2, 0) is 4.79 Å². The van der Waals surface area contributed by atoms with E-state index < -0.39 is 11.9 Å². The molecule has 34 heavy (non-hydrogen) atoms. The van der Waals surface area contributed by atoms with Gasteiger partial charge < -0.3 is 16.0 Å². The third kappa shape index (κ3) is 3.82. The normalized spacial score (nSPS) is 16.7. The minimum Gasteiger partial charge on any atom is -0.367 e. The first-order valence-corrected chi connectivity index (χ1v) is 11.0. The van der Waals surface area contributed by atoms with E-state index in [1.165, 1.54) is 0 Å². The van der Waals surface area contributed by atoms with Gasteiger partial charge in [-0.25, -0.2) is 14.5 Å². The number of nitrogens with zero attached hydrogens (tertiary/aromatic N) is 5. The number of imide groups is 1. The second-order valence-electron chi connectivity index (χ2n) is 7.99. The van der Waals surface area contributed by atoms with E-state index in [1.807, 2.05) is 36.5 Å². The molecule has 2 fully saturated rings. The third-order valence-corrected chi connectivity index (χ3v) is 5.75. The molecule has 4 aromatic rings. The van der Waals surface area contributed by atoms with Gasteiger partial charge in [0.1, 0.15) is 17.3 Å². The number of aromatic nitrogens is 5. The quantitative estimate of drug-likeness (QED) is 0.249. The summed E-state index contributed by atoms with van der Waals surface area (Å²) in [7, 11) is 0. The highest BCUT2D eigenvalue weighted by atomic mass is 35.5. The third-order valence-electron chi connectivity index (χ3n) is 5.43. The first-order valence-electron chi connectivity index (χ1n) is 10.6. The van der Waals surface area contributed by atoms with Gasteiger partial charge in [-0.15, -0.1) is 0 Å². The number of nitrogens with one attached hydrogen (secondary N) is 4. The summed E-state index contributed by atoms with van der Waals surface area (Å²) in [5.41, 5.74) is 2.73. The number of rotatable bonds is 6. The molecule has 1 aliphatic carbocycles. The highest BCUT2D eigenvalue weighted by Crippen LogP contribution is 2.31. The van der Waals surface area contributed by atoms with Gasteiger partial charge in [0.2, 0.25) is 0 Å². The molecular formula is C22H18ClN9O2. The van der Waals surface area contributed by atoms with Crippen molar-refractivity contribution in [3.63, 3.8) is 0 Å². The van der Waals surface area contributed by atoms with Crippen molar-refractivity contribution in [2.75, 3.05) is 10.6 Å². The van der Waals surface area contributed by atoms with Gasteiger partial charge >= 0.3 is 6.03 Å². The second kappa shape index (κ2) is 7.89. The summed E-state index contributed by atoms with van der Waals surface area (Å²) >= 11 is 6.54. The molecule has 6 rings (SSSR count). The Labute approximate surface area is 197 Å². The van der Waals surface area contributed by atoms with E-state index in [1.54, 1.807) is 27.7 Å². The maximum Gasteiger partial charge on any atom is 0.326 e. The molecule has 0 spiro atoms. The van der Waals surface area contributed by atoms with E-state index in [2.05, 4.69) is 31.5 Å². The van der Waals surface area contributed by atoms with E-state index in [4.69, 9.17) is 16.6 Å². The molecule has 4 N–H and O–H groups in total. The van der Waals surface area contributed by atoms with Crippen LogP contribution in [0.3, 0.4) is 0 Å². The lowest BCUT2D eigenvalue weighted by Crippen LogP contribution is -2.22. The molecule has 3 amide bonds. The lowest BCUT2D eigenvalue weighted by molar-refractivity contribution is -0.115. The van der Waals surface area contributed by atoms with Crippen molar-refractivity contribution >= 4 is 52.6 Å². The highest BCUT2D eigenvalue weighted by Gasteiger charge is 2.25. The number of halogens is 1. The lowest BCUT2D eigenvalue weighted by Gasteiger charge is -2.13. The monoisotopic (exact) mass is 475 g/mol. The van der Waals surface area contributed by atoms with Crippen molar-refractivity contribution in [1.82, 2.24) is 35.0 Å². The van der Waals surface area contributed by atoms with Gasteiger partial charge in [-0.2, -0.15) is 14.7 Å². The summed E-state index contributed by atoms with van der Waals surface area (Å²) in [4.78, 5) is 28.1. The van der Waals surface area contributed by atoms with Crippen molar-refractivity contribution in [3.8, 4) is 5.69 Å². The number of hydrogen-bond donors (Lipinski definition) is 4. The Morgan fingerprint density at radius 1 is 1.15 bits per heavy atom. The van der Waals surface area contributed by atoms with Crippen molar-refractivity contribution in [3.05, 3.63) is 65.2 Å². The first-order chi connectivity index (χ1) is 16.5. The first kappa shape index (κ1) is 20.2. The molecule has 1 aromatic carbocycles. The van der Waals surface area contributed by atoms with Gasteiger partial charge in [-0.3, -0.25) is 10.1 Å². The highest BCUT2D eigenvalue weighted by molar-refractivity contribution is 6.33. The maximum atomic E-state index is 12.0. The van der Waals surface area contributed by atoms with E-state index in [9.17, 15) is 9.59 Å². The average molecular weight is 476 g/mol. The molecule has 170 valence electrons. The van der Waals surface area contributed by atoms with E-state index in [0.29, 0.717) is 33.8 Å². The Morgan fingerprint density at radius 2 is 2.03 bits per heavy atom. The molecule has 1 saturated heterocycles. The Morgan fingerprint density at radius 3 is 2.74 bits per heavy atom. The van der Waals surface area contributed by atoms with Gasteiger partial charge in [0.05, 0.1) is 22.6 Å². The molecule has 11 nitrogen and oxygen atoms in total. The van der Waals surface area contributed by atoms with Crippen LogP contribution in [0.1, 0.15) is 18.4 Å². The van der Waals surface area contributed by atoms with Crippen LogP contribution in [0.15, 0.2) is 54.6 Å². The van der Waals surface area contributed by atoms with Crippen LogP contribution >= 0.6 is 11.6 Å². The van der Waals surface area contributed by atoms with Crippen LogP contribution < -0.4 is 21.3 Å². The standard InChI is InChI=1S/C22H18ClN9O2/c23-15-9-14(31-7-1-6-24-31)4-5-16(15)27-18-10-19(26-13-2-3-13)32-20(29-18)12(11-25-32)8-17-21(33)30-22(34)28-17/h1,4-11,13,26H,2-3H2,(H,27,29)(H2,28,30,33,34)/b17-8-. The van der Waals surface area contributed by atoms with Crippen LogP contribution in [0, 0.1) is 0 Å². The van der Waals surface area contributed by atoms with Gasteiger partial charge in [-0.05, 0) is 43.2 Å².